The topological polar surface area (TPSA) is 49.9 Å². The Morgan fingerprint density at radius 3 is 2.69 bits per heavy atom. The molecule has 0 aromatic rings. The third-order valence-corrected chi connectivity index (χ3v) is 2.79. The molecule has 5 nitrogen and oxygen atoms in total. The van der Waals surface area contributed by atoms with Gasteiger partial charge in [-0.05, 0) is 26.9 Å². The highest BCUT2D eigenvalue weighted by molar-refractivity contribution is 5.83. The molecule has 1 rings (SSSR count). The van der Waals surface area contributed by atoms with Crippen LogP contribution in [0.5, 0.6) is 0 Å². The Bertz CT molecular complexity index is 268. The third-order valence-electron chi connectivity index (χ3n) is 2.79. The Morgan fingerprint density at radius 2 is 2.19 bits per heavy atom. The number of nitrogens with zero attached hydrogens (tertiary/aromatic N) is 2. The summed E-state index contributed by atoms with van der Waals surface area (Å²) in [5.41, 5.74) is 0. The van der Waals surface area contributed by atoms with Gasteiger partial charge in [0, 0.05) is 13.6 Å². The van der Waals surface area contributed by atoms with Gasteiger partial charge in [-0.1, -0.05) is 0 Å². The lowest BCUT2D eigenvalue weighted by Crippen LogP contribution is -2.38. The third kappa shape index (κ3) is 3.48. The summed E-state index contributed by atoms with van der Waals surface area (Å²) in [6.07, 6.45) is 0.877. The molecule has 0 aromatic heterocycles. The Balaban J connectivity index is 2.38. The molecular formula is C11H20N2O3. The minimum Gasteiger partial charge on any atom is -0.465 e. The maximum atomic E-state index is 11.9. The highest BCUT2D eigenvalue weighted by Crippen LogP contribution is 2.16. The number of rotatable bonds is 4. The van der Waals surface area contributed by atoms with Gasteiger partial charge in [-0.15, -0.1) is 0 Å². The van der Waals surface area contributed by atoms with Crippen LogP contribution in [0.15, 0.2) is 0 Å². The molecule has 0 spiro atoms. The van der Waals surface area contributed by atoms with E-state index in [9.17, 15) is 9.59 Å². The van der Waals surface area contributed by atoms with Crippen LogP contribution in [0.3, 0.4) is 0 Å². The monoisotopic (exact) mass is 228 g/mol. The molecule has 0 aromatic carbocycles. The molecule has 1 heterocycles. The van der Waals surface area contributed by atoms with Crippen molar-refractivity contribution in [1.82, 2.24) is 9.80 Å². The first-order valence-electron chi connectivity index (χ1n) is 5.63. The highest BCUT2D eigenvalue weighted by Gasteiger charge is 2.29. The van der Waals surface area contributed by atoms with E-state index in [1.807, 2.05) is 7.05 Å². The molecule has 1 aliphatic heterocycles. The predicted molar refractivity (Wildman–Crippen MR) is 59.9 cm³/mol. The lowest BCUT2D eigenvalue weighted by Gasteiger charge is -2.19. The normalized spacial score (nSPS) is 20.8. The standard InChI is InChI=1S/C11H20N2O3/c1-4-16-10(14)8-13(3)11(15)9-5-6-12(2)7-9/h9H,4-8H2,1-3H3. The fourth-order valence-electron chi connectivity index (χ4n) is 1.93. The van der Waals surface area contributed by atoms with Crippen LogP contribution in [-0.2, 0) is 14.3 Å². The summed E-state index contributed by atoms with van der Waals surface area (Å²) >= 11 is 0. The predicted octanol–water partition coefficient (Wildman–Crippen LogP) is -0.0404. The maximum absolute atomic E-state index is 11.9. The van der Waals surface area contributed by atoms with Crippen molar-refractivity contribution in [2.45, 2.75) is 13.3 Å². The van der Waals surface area contributed by atoms with E-state index in [2.05, 4.69) is 4.90 Å². The lowest BCUT2D eigenvalue weighted by atomic mass is 10.1. The van der Waals surface area contributed by atoms with Crippen molar-refractivity contribution >= 4 is 11.9 Å². The number of esters is 1. The minimum atomic E-state index is -0.343. The smallest absolute Gasteiger partial charge is 0.325 e. The first-order valence-corrected chi connectivity index (χ1v) is 5.63. The second-order valence-electron chi connectivity index (χ2n) is 4.25. The quantitative estimate of drug-likeness (QED) is 0.634. The summed E-state index contributed by atoms with van der Waals surface area (Å²) in [6, 6.07) is 0. The van der Waals surface area contributed by atoms with Crippen molar-refractivity contribution in [2.24, 2.45) is 5.92 Å². The van der Waals surface area contributed by atoms with Crippen molar-refractivity contribution in [3.63, 3.8) is 0 Å². The van der Waals surface area contributed by atoms with Gasteiger partial charge in [-0.2, -0.15) is 0 Å². The molecule has 1 unspecified atom stereocenters. The summed E-state index contributed by atoms with van der Waals surface area (Å²) in [5, 5.41) is 0. The lowest BCUT2D eigenvalue weighted by molar-refractivity contribution is -0.149. The summed E-state index contributed by atoms with van der Waals surface area (Å²) < 4.78 is 4.80. The van der Waals surface area contributed by atoms with Crippen molar-refractivity contribution in [1.29, 1.82) is 0 Å². The first-order chi connectivity index (χ1) is 7.54. The van der Waals surface area contributed by atoms with E-state index in [1.165, 1.54) is 4.90 Å². The van der Waals surface area contributed by atoms with E-state index in [0.717, 1.165) is 19.5 Å². The van der Waals surface area contributed by atoms with E-state index in [0.29, 0.717) is 6.61 Å². The second-order valence-corrected chi connectivity index (χ2v) is 4.25. The number of carbonyl (C=O) groups is 2. The molecule has 0 aliphatic carbocycles. The van der Waals surface area contributed by atoms with Crippen molar-refractivity contribution in [3.8, 4) is 0 Å². The Kier molecular flexibility index (Phi) is 4.73. The van der Waals surface area contributed by atoms with E-state index < -0.39 is 0 Å². The Hall–Kier alpha value is -1.10. The summed E-state index contributed by atoms with van der Waals surface area (Å²) in [4.78, 5) is 26.7. The van der Waals surface area contributed by atoms with Crippen LogP contribution in [0.2, 0.25) is 0 Å². The van der Waals surface area contributed by atoms with Crippen LogP contribution in [0.1, 0.15) is 13.3 Å². The van der Waals surface area contributed by atoms with Crippen LogP contribution in [0, 0.1) is 5.92 Å². The van der Waals surface area contributed by atoms with Crippen molar-refractivity contribution < 1.29 is 14.3 Å². The molecular weight excluding hydrogens is 208 g/mol. The number of ether oxygens (including phenoxy) is 1. The van der Waals surface area contributed by atoms with Gasteiger partial charge in [-0.25, -0.2) is 0 Å². The molecule has 5 heteroatoms. The average molecular weight is 228 g/mol. The van der Waals surface area contributed by atoms with Crippen LogP contribution in [-0.4, -0.2) is 62.0 Å². The summed E-state index contributed by atoms with van der Waals surface area (Å²) in [6.45, 7) is 3.89. The SMILES string of the molecule is CCOC(=O)CN(C)C(=O)C1CCN(C)C1. The van der Waals surface area contributed by atoms with E-state index in [4.69, 9.17) is 4.74 Å². The first kappa shape index (κ1) is 13.0. The fourth-order valence-corrected chi connectivity index (χ4v) is 1.93. The highest BCUT2D eigenvalue weighted by atomic mass is 16.5. The van der Waals surface area contributed by atoms with Crippen LogP contribution in [0.4, 0.5) is 0 Å². The van der Waals surface area contributed by atoms with E-state index in [1.54, 1.807) is 14.0 Å². The van der Waals surface area contributed by atoms with Gasteiger partial charge in [0.2, 0.25) is 5.91 Å². The van der Waals surface area contributed by atoms with E-state index in [-0.39, 0.29) is 24.3 Å². The second kappa shape index (κ2) is 5.84. The van der Waals surface area contributed by atoms with Gasteiger partial charge in [0.25, 0.3) is 0 Å². The molecule has 0 bridgehead atoms. The molecule has 92 valence electrons. The molecule has 1 fully saturated rings. The molecule has 16 heavy (non-hydrogen) atoms. The van der Waals surface area contributed by atoms with Crippen LogP contribution in [0.25, 0.3) is 0 Å². The zero-order valence-electron chi connectivity index (χ0n) is 10.2. The fraction of sp³-hybridized carbons (Fsp3) is 0.818. The van der Waals surface area contributed by atoms with Crippen molar-refractivity contribution in [2.75, 3.05) is 40.3 Å². The molecule has 1 amide bonds. The zero-order valence-corrected chi connectivity index (χ0v) is 10.2. The van der Waals surface area contributed by atoms with Gasteiger partial charge < -0.3 is 14.5 Å². The van der Waals surface area contributed by atoms with Crippen LogP contribution < -0.4 is 0 Å². The number of hydrogen-bond acceptors (Lipinski definition) is 4. The van der Waals surface area contributed by atoms with Gasteiger partial charge in [0.1, 0.15) is 6.54 Å². The van der Waals surface area contributed by atoms with Gasteiger partial charge in [0.15, 0.2) is 0 Å². The molecule has 0 N–H and O–H groups in total. The number of likely N-dealkylation sites (tertiary alicyclic amines) is 1. The van der Waals surface area contributed by atoms with Gasteiger partial charge in [-0.3, -0.25) is 9.59 Å². The largest absolute Gasteiger partial charge is 0.465 e. The Labute approximate surface area is 96.3 Å². The summed E-state index contributed by atoms with van der Waals surface area (Å²) in [7, 11) is 3.65. The van der Waals surface area contributed by atoms with Gasteiger partial charge >= 0.3 is 5.97 Å². The zero-order chi connectivity index (χ0) is 12.1. The number of amides is 1. The van der Waals surface area contributed by atoms with E-state index >= 15 is 0 Å². The van der Waals surface area contributed by atoms with Crippen molar-refractivity contribution in [3.05, 3.63) is 0 Å². The van der Waals surface area contributed by atoms with Gasteiger partial charge in [0.05, 0.1) is 12.5 Å². The number of likely N-dealkylation sites (N-methyl/N-ethyl adjacent to an activating group) is 1. The molecule has 0 saturated carbocycles. The Morgan fingerprint density at radius 1 is 1.50 bits per heavy atom. The molecule has 1 atom stereocenters. The number of hydrogen-bond donors (Lipinski definition) is 0. The summed E-state index contributed by atoms with van der Waals surface area (Å²) in [5.74, 6) is -0.272. The average Bonchev–Trinajstić information content (AvgIpc) is 2.64. The maximum Gasteiger partial charge on any atom is 0.325 e. The molecule has 1 saturated heterocycles. The van der Waals surface area contributed by atoms with Crippen LogP contribution >= 0.6 is 0 Å². The number of carbonyl (C=O) groups excluding carboxylic acids is 2. The minimum absolute atomic E-state index is 0.0319. The molecule has 1 aliphatic rings. The molecule has 0 radical (unpaired) electrons.